The topological polar surface area (TPSA) is 298 Å². The maximum atomic E-state index is 12.5. The third-order valence-corrected chi connectivity index (χ3v) is 3.75. The van der Waals surface area contributed by atoms with Crippen LogP contribution in [-0.2, 0) is 29.3 Å². The predicted octanol–water partition coefficient (Wildman–Crippen LogP) is -2.76. The van der Waals surface area contributed by atoms with Gasteiger partial charge >= 0.3 is 10.4 Å². The van der Waals surface area contributed by atoms with Gasteiger partial charge in [-0.05, 0) is 0 Å². The highest BCUT2D eigenvalue weighted by Gasteiger charge is 2.19. The second kappa shape index (κ2) is 13.5. The zero-order chi connectivity index (χ0) is 27.5. The molecule has 0 aliphatic carbocycles. The van der Waals surface area contributed by atoms with E-state index in [2.05, 4.69) is 36.3 Å². The Balaban J connectivity index is 0.00000118. The molecule has 11 N–H and O–H groups in total. The first kappa shape index (κ1) is 29.6. The van der Waals surface area contributed by atoms with Crippen molar-refractivity contribution < 1.29 is 31.9 Å². The third kappa shape index (κ3) is 11.1. The number of hydrogen-bond acceptors (Lipinski definition) is 10. The van der Waals surface area contributed by atoms with E-state index in [0.717, 1.165) is 0 Å². The van der Waals surface area contributed by atoms with E-state index in [1.165, 1.54) is 27.9 Å². The monoisotopic (exact) mass is 530 g/mol. The number of rotatable bonds is 10. The fourth-order valence-corrected chi connectivity index (χ4v) is 2.40. The van der Waals surface area contributed by atoms with E-state index < -0.39 is 28.1 Å². The molecule has 0 bridgehead atoms. The minimum absolute atomic E-state index is 0.0144. The largest absolute Gasteiger partial charge is 0.394 e. The molecule has 0 saturated heterocycles. The van der Waals surface area contributed by atoms with Gasteiger partial charge in [-0.1, -0.05) is 0 Å². The second-order valence-electron chi connectivity index (χ2n) is 6.74. The van der Waals surface area contributed by atoms with Crippen molar-refractivity contribution in [2.24, 2.45) is 30.7 Å². The number of carbonyl (C=O) groups is 3. The molecule has 2 aromatic rings. The number of carbonyl (C=O) groups excluding carboxylic acids is 3. The maximum Gasteiger partial charge on any atom is 0.394 e. The Morgan fingerprint density at radius 2 is 1.58 bits per heavy atom. The minimum Gasteiger partial charge on any atom is -0.388 e. The molecular weight excluding hydrogens is 504 g/mol. The fourth-order valence-electron chi connectivity index (χ4n) is 2.40. The number of imidazole rings is 2. The second-order valence-corrected chi connectivity index (χ2v) is 7.63. The van der Waals surface area contributed by atoms with Crippen molar-refractivity contribution >= 4 is 51.9 Å². The van der Waals surface area contributed by atoms with Crippen LogP contribution in [0.15, 0.2) is 17.4 Å². The highest BCUT2D eigenvalue weighted by Crippen LogP contribution is 2.12. The molecule has 2 heterocycles. The summed E-state index contributed by atoms with van der Waals surface area (Å²) in [5.41, 5.74) is 7.42. The smallest absolute Gasteiger partial charge is 0.388 e. The zero-order valence-electron chi connectivity index (χ0n) is 19.1. The van der Waals surface area contributed by atoms with Crippen molar-refractivity contribution in [1.82, 2.24) is 29.8 Å². The molecule has 2 aromatic heterocycles. The van der Waals surface area contributed by atoms with E-state index in [1.807, 2.05) is 0 Å². The number of aliphatic imine (C=N–C) groups is 1. The van der Waals surface area contributed by atoms with Crippen LogP contribution < -0.4 is 33.0 Å². The molecule has 20 heteroatoms. The molecule has 0 saturated carbocycles. The molecule has 0 spiro atoms. The van der Waals surface area contributed by atoms with Crippen LogP contribution in [0.2, 0.25) is 0 Å². The predicted molar refractivity (Wildman–Crippen MR) is 127 cm³/mol. The molecular formula is C16H26N12O7S. The molecule has 0 aromatic carbocycles. The Morgan fingerprint density at radius 3 is 2.08 bits per heavy atom. The molecule has 0 unspecified atom stereocenters. The standard InChI is InChI=1S/C16H24N12O3.H2O4S/c1-27-7-11(25-13(27)15(30)21-4-3-9(17)18)26-16(31)14-24-10(6-28(14)2)23-12(29)5-20-8-22-19;1-5(2,3)4/h6-8H,3-5,19H2,1-2H3,(H3,17,18)(H,20,22)(H,21,30)(H,23,29)(H,26,31);(H2,1,2,3,4). The quantitative estimate of drug-likeness (QED) is 0.0496. The summed E-state index contributed by atoms with van der Waals surface area (Å²) in [7, 11) is -1.49. The first-order valence-corrected chi connectivity index (χ1v) is 11.0. The molecule has 2 rings (SSSR count). The molecule has 0 atom stereocenters. The molecule has 0 aliphatic rings. The summed E-state index contributed by atoms with van der Waals surface area (Å²) in [6.07, 6.45) is 4.31. The lowest BCUT2D eigenvalue weighted by Gasteiger charge is -2.03. The number of nitrogens with two attached hydrogens (primary N) is 2. The number of hydrogen-bond donors (Lipinski definition) is 9. The summed E-state index contributed by atoms with van der Waals surface area (Å²) in [6.45, 7) is 0.0199. The Labute approximate surface area is 204 Å². The summed E-state index contributed by atoms with van der Waals surface area (Å²) in [4.78, 5) is 48.4. The Hall–Kier alpha value is -4.40. The van der Waals surface area contributed by atoms with Crippen LogP contribution >= 0.6 is 0 Å². The highest BCUT2D eigenvalue weighted by molar-refractivity contribution is 7.79. The lowest BCUT2D eigenvalue weighted by molar-refractivity contribution is -0.114. The van der Waals surface area contributed by atoms with Crippen molar-refractivity contribution in [2.75, 3.05) is 23.7 Å². The van der Waals surface area contributed by atoms with Gasteiger partial charge < -0.3 is 36.2 Å². The average Bonchev–Trinajstić information content (AvgIpc) is 3.28. The molecule has 198 valence electrons. The van der Waals surface area contributed by atoms with E-state index in [4.69, 9.17) is 34.5 Å². The van der Waals surface area contributed by atoms with Crippen molar-refractivity contribution in [3.05, 3.63) is 24.0 Å². The normalized spacial score (nSPS) is 10.8. The first-order valence-electron chi connectivity index (χ1n) is 9.64. The first-order chi connectivity index (χ1) is 16.7. The van der Waals surface area contributed by atoms with Gasteiger partial charge in [-0.25, -0.2) is 15.8 Å². The Kier molecular flexibility index (Phi) is 11.1. The number of nitrogens with zero attached hydrogens (tertiary/aromatic N) is 5. The van der Waals surface area contributed by atoms with Gasteiger partial charge in [0.15, 0.2) is 11.6 Å². The van der Waals surface area contributed by atoms with Gasteiger partial charge in [0.25, 0.3) is 11.8 Å². The number of nitrogens with one attached hydrogen (secondary N) is 5. The number of anilines is 2. The Morgan fingerprint density at radius 1 is 1.08 bits per heavy atom. The lowest BCUT2D eigenvalue weighted by atomic mass is 10.4. The van der Waals surface area contributed by atoms with Gasteiger partial charge in [0.1, 0.15) is 6.54 Å². The van der Waals surface area contributed by atoms with Crippen LogP contribution in [0.3, 0.4) is 0 Å². The van der Waals surface area contributed by atoms with Crippen LogP contribution in [0, 0.1) is 5.41 Å². The van der Waals surface area contributed by atoms with Crippen LogP contribution in [0.1, 0.15) is 27.7 Å². The molecule has 36 heavy (non-hydrogen) atoms. The Bertz CT molecular complexity index is 1230. The molecule has 0 aliphatic heterocycles. The van der Waals surface area contributed by atoms with Gasteiger partial charge in [0.2, 0.25) is 17.6 Å². The van der Waals surface area contributed by atoms with Crippen LogP contribution in [0.25, 0.3) is 0 Å². The molecule has 0 fully saturated rings. The summed E-state index contributed by atoms with van der Waals surface area (Å²) in [5.74, 6) is 3.86. The number of aryl methyl sites for hydroxylation is 2. The highest BCUT2D eigenvalue weighted by atomic mass is 32.3. The van der Waals surface area contributed by atoms with E-state index in [0.29, 0.717) is 0 Å². The summed E-state index contributed by atoms with van der Waals surface area (Å²) >= 11 is 0. The minimum atomic E-state index is -4.67. The third-order valence-electron chi connectivity index (χ3n) is 3.75. The lowest BCUT2D eigenvalue weighted by Crippen LogP contribution is -2.29. The summed E-state index contributed by atoms with van der Waals surface area (Å²) in [6, 6.07) is 0. The van der Waals surface area contributed by atoms with Crippen LogP contribution in [-0.4, -0.2) is 79.6 Å². The van der Waals surface area contributed by atoms with E-state index >= 15 is 0 Å². The number of amides is 3. The van der Waals surface area contributed by atoms with Gasteiger partial charge in [0.05, 0.1) is 12.2 Å². The summed E-state index contributed by atoms with van der Waals surface area (Å²) in [5, 5.41) is 14.8. The van der Waals surface area contributed by atoms with Crippen molar-refractivity contribution in [3.63, 3.8) is 0 Å². The van der Waals surface area contributed by atoms with E-state index in [9.17, 15) is 14.4 Å². The number of hydrazine groups is 1. The van der Waals surface area contributed by atoms with Crippen LogP contribution in [0.5, 0.6) is 0 Å². The van der Waals surface area contributed by atoms with Crippen molar-refractivity contribution in [2.45, 2.75) is 6.42 Å². The molecule has 3 amide bonds. The van der Waals surface area contributed by atoms with Crippen molar-refractivity contribution in [1.29, 1.82) is 5.41 Å². The van der Waals surface area contributed by atoms with Crippen molar-refractivity contribution in [3.8, 4) is 0 Å². The fraction of sp³-hybridized carbons (Fsp3) is 0.312. The van der Waals surface area contributed by atoms with Gasteiger partial charge in [0, 0.05) is 39.5 Å². The molecule has 0 radical (unpaired) electrons. The van der Waals surface area contributed by atoms with Gasteiger partial charge in [-0.2, -0.15) is 8.42 Å². The zero-order valence-corrected chi connectivity index (χ0v) is 19.9. The average molecular weight is 531 g/mol. The summed E-state index contributed by atoms with van der Waals surface area (Å²) < 4.78 is 34.5. The van der Waals surface area contributed by atoms with Gasteiger partial charge in [-0.15, -0.1) is 0 Å². The number of aromatic nitrogens is 4. The maximum absolute atomic E-state index is 12.5. The van der Waals surface area contributed by atoms with Gasteiger partial charge in [-0.3, -0.25) is 33.9 Å². The molecule has 19 nitrogen and oxygen atoms in total. The van der Waals surface area contributed by atoms with Crippen LogP contribution in [0.4, 0.5) is 11.6 Å². The van der Waals surface area contributed by atoms with E-state index in [-0.39, 0.29) is 48.6 Å². The number of amidine groups is 1. The van der Waals surface area contributed by atoms with E-state index in [1.54, 1.807) is 14.1 Å². The SMILES string of the molecule is Cn1cc(NC(=O)c2nc(NC(=O)CN=CNN)cn2C)nc1C(=O)NCCC(=N)N.O=S(=O)(O)O.